The van der Waals surface area contributed by atoms with Gasteiger partial charge in [-0.25, -0.2) is 14.4 Å². The molecule has 0 unspecified atom stereocenters. The van der Waals surface area contributed by atoms with E-state index in [0.29, 0.717) is 18.2 Å². The smallest absolute Gasteiger partial charge is 0.189 e. The van der Waals surface area contributed by atoms with Crippen molar-refractivity contribution >= 4 is 5.96 Å². The molecule has 21 heavy (non-hydrogen) atoms. The summed E-state index contributed by atoms with van der Waals surface area (Å²) in [5, 5.41) is 3.06. The number of rotatable bonds is 3. The number of nitrogens with zero attached hydrogens (tertiary/aromatic N) is 3. The zero-order chi connectivity index (χ0) is 15.5. The topological polar surface area (TPSA) is 68.2 Å². The van der Waals surface area contributed by atoms with Crippen LogP contribution in [0.3, 0.4) is 0 Å². The van der Waals surface area contributed by atoms with E-state index in [1.165, 1.54) is 6.07 Å². The molecule has 1 heterocycles. The summed E-state index contributed by atoms with van der Waals surface area (Å²) in [5.74, 6) is 0.0321. The Morgan fingerprint density at radius 2 is 2.19 bits per heavy atom. The molecule has 1 aromatic heterocycles. The van der Waals surface area contributed by atoms with Gasteiger partial charge in [0.1, 0.15) is 5.82 Å². The molecule has 6 heteroatoms. The summed E-state index contributed by atoms with van der Waals surface area (Å²) in [4.78, 5) is 8.12. The van der Waals surface area contributed by atoms with Gasteiger partial charge < -0.3 is 15.6 Å². The minimum Gasteiger partial charge on any atom is -0.370 e. The van der Waals surface area contributed by atoms with Gasteiger partial charge in [-0.15, -0.1) is 0 Å². The maximum Gasteiger partial charge on any atom is 0.189 e. The molecule has 0 aliphatic heterocycles. The van der Waals surface area contributed by atoms with Crippen LogP contribution in [0.1, 0.15) is 26.3 Å². The van der Waals surface area contributed by atoms with Crippen molar-refractivity contribution < 1.29 is 4.39 Å². The second-order valence-corrected chi connectivity index (χ2v) is 5.83. The highest BCUT2D eigenvalue weighted by molar-refractivity contribution is 5.78. The maximum atomic E-state index is 14.1. The molecule has 0 bridgehead atoms. The third-order valence-electron chi connectivity index (χ3n) is 2.73. The van der Waals surface area contributed by atoms with E-state index in [4.69, 9.17) is 5.73 Å². The molecule has 0 radical (unpaired) electrons. The van der Waals surface area contributed by atoms with Crippen molar-refractivity contribution in [3.05, 3.63) is 48.3 Å². The number of guanidine groups is 1. The predicted octanol–water partition coefficient (Wildman–Crippen LogP) is 2.21. The zero-order valence-corrected chi connectivity index (χ0v) is 12.5. The SMILES string of the molecule is CC(C)(C)NC(N)=NCc1ccc(-n2ccnc2)c(F)c1. The van der Waals surface area contributed by atoms with Crippen LogP contribution in [0.15, 0.2) is 41.9 Å². The van der Waals surface area contributed by atoms with Crippen LogP contribution < -0.4 is 11.1 Å². The molecule has 0 spiro atoms. The molecule has 0 aliphatic carbocycles. The van der Waals surface area contributed by atoms with E-state index >= 15 is 0 Å². The molecule has 0 atom stereocenters. The van der Waals surface area contributed by atoms with Crippen LogP contribution in [0.25, 0.3) is 5.69 Å². The third-order valence-corrected chi connectivity index (χ3v) is 2.73. The fourth-order valence-corrected chi connectivity index (χ4v) is 1.86. The van der Waals surface area contributed by atoms with Crippen molar-refractivity contribution in [2.24, 2.45) is 10.7 Å². The fourth-order valence-electron chi connectivity index (χ4n) is 1.86. The maximum absolute atomic E-state index is 14.1. The number of aromatic nitrogens is 2. The summed E-state index contributed by atoms with van der Waals surface area (Å²) in [6.07, 6.45) is 4.86. The van der Waals surface area contributed by atoms with Gasteiger partial charge in [0.2, 0.25) is 0 Å². The summed E-state index contributed by atoms with van der Waals surface area (Å²) in [7, 11) is 0. The standard InChI is InChI=1S/C15H20FN5/c1-15(2,3)20-14(17)19-9-11-4-5-13(12(16)8-11)21-7-6-18-10-21/h4-8,10H,9H2,1-3H3,(H3,17,19,20). The summed E-state index contributed by atoms with van der Waals surface area (Å²) >= 11 is 0. The zero-order valence-electron chi connectivity index (χ0n) is 12.5. The average Bonchev–Trinajstić information content (AvgIpc) is 2.88. The van der Waals surface area contributed by atoms with Crippen LogP contribution in [0.2, 0.25) is 0 Å². The first-order chi connectivity index (χ1) is 9.85. The molecule has 0 aliphatic rings. The highest BCUT2D eigenvalue weighted by atomic mass is 19.1. The highest BCUT2D eigenvalue weighted by Crippen LogP contribution is 2.15. The molecular weight excluding hydrogens is 269 g/mol. The lowest BCUT2D eigenvalue weighted by Gasteiger charge is -2.21. The van der Waals surface area contributed by atoms with E-state index < -0.39 is 0 Å². The summed E-state index contributed by atoms with van der Waals surface area (Å²) in [6.45, 7) is 6.31. The Morgan fingerprint density at radius 3 is 2.76 bits per heavy atom. The molecule has 5 nitrogen and oxygen atoms in total. The summed E-state index contributed by atoms with van der Waals surface area (Å²) < 4.78 is 15.7. The summed E-state index contributed by atoms with van der Waals surface area (Å²) in [5.41, 5.74) is 6.86. The van der Waals surface area contributed by atoms with Gasteiger partial charge in [0.15, 0.2) is 5.96 Å². The minimum atomic E-state index is -0.317. The minimum absolute atomic E-state index is 0.149. The van der Waals surface area contributed by atoms with Crippen molar-refractivity contribution in [1.82, 2.24) is 14.9 Å². The molecule has 2 aromatic rings. The van der Waals surface area contributed by atoms with E-state index in [-0.39, 0.29) is 11.4 Å². The summed E-state index contributed by atoms with van der Waals surface area (Å²) in [6, 6.07) is 4.99. The van der Waals surface area contributed by atoms with Gasteiger partial charge in [-0.2, -0.15) is 0 Å². The molecule has 0 fully saturated rings. The molecule has 0 saturated heterocycles. The van der Waals surface area contributed by atoms with Crippen molar-refractivity contribution in [3.63, 3.8) is 0 Å². The van der Waals surface area contributed by atoms with E-state index in [9.17, 15) is 4.39 Å². The Hall–Kier alpha value is -2.37. The molecule has 0 amide bonds. The molecule has 0 saturated carbocycles. The van der Waals surface area contributed by atoms with Crippen LogP contribution in [0.4, 0.5) is 4.39 Å². The number of nitrogens with one attached hydrogen (secondary N) is 1. The van der Waals surface area contributed by atoms with Gasteiger partial charge >= 0.3 is 0 Å². The van der Waals surface area contributed by atoms with Crippen LogP contribution >= 0.6 is 0 Å². The largest absolute Gasteiger partial charge is 0.370 e. The second-order valence-electron chi connectivity index (χ2n) is 5.83. The lowest BCUT2D eigenvalue weighted by molar-refractivity contribution is 0.508. The van der Waals surface area contributed by atoms with Crippen LogP contribution in [-0.4, -0.2) is 21.0 Å². The van der Waals surface area contributed by atoms with Crippen molar-refractivity contribution in [3.8, 4) is 5.69 Å². The van der Waals surface area contributed by atoms with Gasteiger partial charge in [-0.05, 0) is 38.5 Å². The average molecular weight is 289 g/mol. The molecule has 112 valence electrons. The number of aliphatic imine (C=N–C) groups is 1. The first kappa shape index (κ1) is 15.0. The van der Waals surface area contributed by atoms with E-state index in [0.717, 1.165) is 5.56 Å². The number of halogens is 1. The first-order valence-electron chi connectivity index (χ1n) is 6.70. The van der Waals surface area contributed by atoms with E-state index in [1.54, 1.807) is 29.4 Å². The second kappa shape index (κ2) is 5.95. The quantitative estimate of drug-likeness (QED) is 0.672. The van der Waals surface area contributed by atoms with Crippen molar-refractivity contribution in [2.75, 3.05) is 0 Å². The third kappa shape index (κ3) is 4.30. The number of benzene rings is 1. The Bertz CT molecular complexity index is 626. The van der Waals surface area contributed by atoms with E-state index in [1.807, 2.05) is 26.8 Å². The first-order valence-corrected chi connectivity index (χ1v) is 6.70. The Labute approximate surface area is 123 Å². The molecule has 1 aromatic carbocycles. The lowest BCUT2D eigenvalue weighted by Crippen LogP contribution is -2.44. The van der Waals surface area contributed by atoms with Gasteiger partial charge in [0, 0.05) is 17.9 Å². The monoisotopic (exact) mass is 289 g/mol. The fraction of sp³-hybridized carbons (Fsp3) is 0.333. The van der Waals surface area contributed by atoms with Gasteiger partial charge in [0.25, 0.3) is 0 Å². The van der Waals surface area contributed by atoms with Crippen LogP contribution in [0, 0.1) is 5.82 Å². The molecule has 3 N–H and O–H groups in total. The van der Waals surface area contributed by atoms with Gasteiger partial charge in [0.05, 0.1) is 18.6 Å². The van der Waals surface area contributed by atoms with Crippen molar-refractivity contribution in [2.45, 2.75) is 32.9 Å². The number of imidazole rings is 1. The Balaban J connectivity index is 2.09. The Kier molecular flexibility index (Phi) is 4.26. The number of nitrogens with two attached hydrogens (primary N) is 1. The lowest BCUT2D eigenvalue weighted by atomic mass is 10.1. The highest BCUT2D eigenvalue weighted by Gasteiger charge is 2.10. The number of hydrogen-bond acceptors (Lipinski definition) is 2. The number of hydrogen-bond donors (Lipinski definition) is 2. The molecular formula is C15H20FN5. The van der Waals surface area contributed by atoms with Crippen LogP contribution in [-0.2, 0) is 6.54 Å². The van der Waals surface area contributed by atoms with E-state index in [2.05, 4.69) is 15.3 Å². The van der Waals surface area contributed by atoms with Gasteiger partial charge in [-0.1, -0.05) is 6.07 Å². The molecule has 2 rings (SSSR count). The van der Waals surface area contributed by atoms with Crippen LogP contribution in [0.5, 0.6) is 0 Å². The normalized spacial score (nSPS) is 12.5. The van der Waals surface area contributed by atoms with Crippen molar-refractivity contribution in [1.29, 1.82) is 0 Å². The predicted molar refractivity (Wildman–Crippen MR) is 81.7 cm³/mol. The Morgan fingerprint density at radius 1 is 1.43 bits per heavy atom. The van der Waals surface area contributed by atoms with Gasteiger partial charge in [-0.3, -0.25) is 0 Å².